The fourth-order valence-corrected chi connectivity index (χ4v) is 1.73. The van der Waals surface area contributed by atoms with Gasteiger partial charge in [-0.2, -0.15) is 0 Å². The Morgan fingerprint density at radius 1 is 1.28 bits per heavy atom. The third kappa shape index (κ3) is 5.07. The number of nitrogens with one attached hydrogen (secondary N) is 1. The van der Waals surface area contributed by atoms with E-state index in [9.17, 15) is 5.11 Å². The number of hydrogen-bond donors (Lipinski definition) is 2. The number of aryl methyl sites for hydroxylation is 2. The summed E-state index contributed by atoms with van der Waals surface area (Å²) < 4.78 is 5.70. The van der Waals surface area contributed by atoms with Crippen LogP contribution in [0.15, 0.2) is 18.2 Å². The molecule has 0 spiro atoms. The first-order valence-electron chi connectivity index (χ1n) is 6.71. The number of rotatable bonds is 8. The van der Waals surface area contributed by atoms with E-state index in [4.69, 9.17) is 4.74 Å². The highest BCUT2D eigenvalue weighted by atomic mass is 16.5. The Morgan fingerprint density at radius 2 is 2.06 bits per heavy atom. The van der Waals surface area contributed by atoms with Crippen LogP contribution in [0.5, 0.6) is 5.75 Å². The second kappa shape index (κ2) is 8.11. The van der Waals surface area contributed by atoms with Crippen LogP contribution in [0.4, 0.5) is 0 Å². The van der Waals surface area contributed by atoms with Crippen molar-refractivity contribution < 1.29 is 9.84 Å². The van der Waals surface area contributed by atoms with Crippen LogP contribution in [0, 0.1) is 13.8 Å². The second-order valence-electron chi connectivity index (χ2n) is 4.72. The molecule has 18 heavy (non-hydrogen) atoms. The second-order valence-corrected chi connectivity index (χ2v) is 4.72. The molecule has 3 nitrogen and oxygen atoms in total. The van der Waals surface area contributed by atoms with Gasteiger partial charge < -0.3 is 15.2 Å². The van der Waals surface area contributed by atoms with E-state index < -0.39 is 0 Å². The van der Waals surface area contributed by atoms with Crippen molar-refractivity contribution in [3.05, 3.63) is 29.3 Å². The Kier molecular flexibility index (Phi) is 6.76. The molecule has 1 aromatic carbocycles. The minimum atomic E-state index is 0.136. The third-order valence-corrected chi connectivity index (χ3v) is 3.12. The Bertz CT molecular complexity index is 352. The van der Waals surface area contributed by atoms with Crippen molar-refractivity contribution in [3.63, 3.8) is 0 Å². The summed E-state index contributed by atoms with van der Waals surface area (Å²) in [6, 6.07) is 6.26. The lowest BCUT2D eigenvalue weighted by Crippen LogP contribution is -2.34. The van der Waals surface area contributed by atoms with Crippen molar-refractivity contribution in [3.8, 4) is 5.75 Å². The summed E-state index contributed by atoms with van der Waals surface area (Å²) in [5, 5.41) is 12.5. The topological polar surface area (TPSA) is 41.5 Å². The van der Waals surface area contributed by atoms with Crippen molar-refractivity contribution >= 4 is 0 Å². The number of aliphatic hydroxyl groups is 1. The average Bonchev–Trinajstić information content (AvgIpc) is 2.37. The van der Waals surface area contributed by atoms with Gasteiger partial charge in [0.2, 0.25) is 0 Å². The normalized spacial score (nSPS) is 12.4. The fraction of sp³-hybridized carbons (Fsp3) is 0.600. The largest absolute Gasteiger partial charge is 0.494 e. The molecule has 0 amide bonds. The standard InChI is InChI=1S/C15H25NO2/c1-4-8-16-14(11-17)7-9-18-15-6-5-12(2)13(3)10-15/h5-6,10,14,16-17H,4,7-9,11H2,1-3H3. The molecule has 0 fully saturated rings. The van der Waals surface area contributed by atoms with Gasteiger partial charge in [0.1, 0.15) is 5.75 Å². The zero-order chi connectivity index (χ0) is 13.4. The molecule has 102 valence electrons. The minimum Gasteiger partial charge on any atom is -0.494 e. The molecule has 1 aromatic rings. The van der Waals surface area contributed by atoms with Gasteiger partial charge >= 0.3 is 0 Å². The molecule has 0 saturated heterocycles. The number of ether oxygens (including phenoxy) is 1. The molecule has 0 radical (unpaired) electrons. The zero-order valence-corrected chi connectivity index (χ0v) is 11.7. The van der Waals surface area contributed by atoms with E-state index >= 15 is 0 Å². The minimum absolute atomic E-state index is 0.136. The maximum atomic E-state index is 9.21. The third-order valence-electron chi connectivity index (χ3n) is 3.12. The lowest BCUT2D eigenvalue weighted by Gasteiger charge is -2.16. The molecule has 3 heteroatoms. The Balaban J connectivity index is 2.33. The Hall–Kier alpha value is -1.06. The summed E-state index contributed by atoms with van der Waals surface area (Å²) in [6.45, 7) is 8.03. The molecular formula is C15H25NO2. The maximum Gasteiger partial charge on any atom is 0.119 e. The molecule has 0 aliphatic rings. The molecular weight excluding hydrogens is 226 g/mol. The zero-order valence-electron chi connectivity index (χ0n) is 11.7. The molecule has 0 aliphatic carbocycles. The van der Waals surface area contributed by atoms with Gasteiger partial charge in [-0.3, -0.25) is 0 Å². The summed E-state index contributed by atoms with van der Waals surface area (Å²) in [4.78, 5) is 0. The fourth-order valence-electron chi connectivity index (χ4n) is 1.73. The van der Waals surface area contributed by atoms with Gasteiger partial charge in [-0.05, 0) is 56.5 Å². The highest BCUT2D eigenvalue weighted by Crippen LogP contribution is 2.16. The van der Waals surface area contributed by atoms with Crippen molar-refractivity contribution in [1.29, 1.82) is 0 Å². The molecule has 2 N–H and O–H groups in total. The predicted octanol–water partition coefficient (Wildman–Crippen LogP) is 2.43. The van der Waals surface area contributed by atoms with E-state index in [0.717, 1.165) is 25.1 Å². The van der Waals surface area contributed by atoms with Crippen LogP contribution in [0.3, 0.4) is 0 Å². The van der Waals surface area contributed by atoms with E-state index in [2.05, 4.69) is 38.2 Å². The number of hydrogen-bond acceptors (Lipinski definition) is 3. The summed E-state index contributed by atoms with van der Waals surface area (Å²) >= 11 is 0. The number of aliphatic hydroxyl groups excluding tert-OH is 1. The average molecular weight is 251 g/mol. The SMILES string of the molecule is CCCNC(CO)CCOc1ccc(C)c(C)c1. The molecule has 1 unspecified atom stereocenters. The first-order chi connectivity index (χ1) is 8.67. The smallest absolute Gasteiger partial charge is 0.119 e. The van der Waals surface area contributed by atoms with Gasteiger partial charge in [0, 0.05) is 6.04 Å². The number of benzene rings is 1. The van der Waals surface area contributed by atoms with Gasteiger partial charge in [0.05, 0.1) is 13.2 Å². The monoisotopic (exact) mass is 251 g/mol. The highest BCUT2D eigenvalue weighted by Gasteiger charge is 2.06. The van der Waals surface area contributed by atoms with Gasteiger partial charge in [-0.15, -0.1) is 0 Å². The Morgan fingerprint density at radius 3 is 2.67 bits per heavy atom. The molecule has 0 aliphatic heterocycles. The highest BCUT2D eigenvalue weighted by molar-refractivity contribution is 5.33. The quantitative estimate of drug-likeness (QED) is 0.745. The van der Waals surface area contributed by atoms with Crippen LogP contribution in [0.25, 0.3) is 0 Å². The van der Waals surface area contributed by atoms with Crippen LogP contribution in [-0.4, -0.2) is 30.9 Å². The first kappa shape index (κ1) is 15.0. The molecule has 1 rings (SSSR count). The lowest BCUT2D eigenvalue weighted by molar-refractivity contribution is 0.209. The molecule has 1 atom stereocenters. The van der Waals surface area contributed by atoms with Crippen LogP contribution in [0.1, 0.15) is 30.9 Å². The summed E-state index contributed by atoms with van der Waals surface area (Å²) in [6.07, 6.45) is 1.90. The summed E-state index contributed by atoms with van der Waals surface area (Å²) in [7, 11) is 0. The van der Waals surface area contributed by atoms with Crippen molar-refractivity contribution in [2.24, 2.45) is 0 Å². The van der Waals surface area contributed by atoms with E-state index in [-0.39, 0.29) is 12.6 Å². The predicted molar refractivity (Wildman–Crippen MR) is 75.2 cm³/mol. The first-order valence-corrected chi connectivity index (χ1v) is 6.71. The molecule has 0 saturated carbocycles. The van der Waals surface area contributed by atoms with E-state index in [1.165, 1.54) is 11.1 Å². The van der Waals surface area contributed by atoms with Gasteiger partial charge in [-0.1, -0.05) is 13.0 Å². The van der Waals surface area contributed by atoms with E-state index in [1.54, 1.807) is 0 Å². The van der Waals surface area contributed by atoms with Crippen LogP contribution in [-0.2, 0) is 0 Å². The van der Waals surface area contributed by atoms with Crippen LogP contribution < -0.4 is 10.1 Å². The molecule has 0 bridgehead atoms. The van der Waals surface area contributed by atoms with Crippen molar-refractivity contribution in [1.82, 2.24) is 5.32 Å². The summed E-state index contributed by atoms with van der Waals surface area (Å²) in [5.74, 6) is 0.908. The van der Waals surface area contributed by atoms with Crippen molar-refractivity contribution in [2.45, 2.75) is 39.7 Å². The van der Waals surface area contributed by atoms with Gasteiger partial charge in [-0.25, -0.2) is 0 Å². The van der Waals surface area contributed by atoms with Gasteiger partial charge in [0.15, 0.2) is 0 Å². The lowest BCUT2D eigenvalue weighted by atomic mass is 10.1. The summed E-state index contributed by atoms with van der Waals surface area (Å²) in [5.41, 5.74) is 2.52. The van der Waals surface area contributed by atoms with Gasteiger partial charge in [0.25, 0.3) is 0 Å². The van der Waals surface area contributed by atoms with Crippen LogP contribution in [0.2, 0.25) is 0 Å². The van der Waals surface area contributed by atoms with Crippen LogP contribution >= 0.6 is 0 Å². The van der Waals surface area contributed by atoms with Crippen molar-refractivity contribution in [2.75, 3.05) is 19.8 Å². The maximum absolute atomic E-state index is 9.21. The molecule has 0 heterocycles. The molecule has 0 aromatic heterocycles. The Labute approximate surface area is 110 Å². The van der Waals surface area contributed by atoms with E-state index in [0.29, 0.717) is 6.61 Å². The van der Waals surface area contributed by atoms with E-state index in [1.807, 2.05) is 6.07 Å².